The molecule has 0 spiro atoms. The number of hydrogen-bond donors (Lipinski definition) is 0. The highest BCUT2D eigenvalue weighted by atomic mass is 19.1. The zero-order chi connectivity index (χ0) is 17.6. The minimum absolute atomic E-state index is 0.127. The van der Waals surface area contributed by atoms with E-state index in [0.717, 1.165) is 29.9 Å². The van der Waals surface area contributed by atoms with Gasteiger partial charge in [0.1, 0.15) is 5.82 Å². The fourth-order valence-corrected chi connectivity index (χ4v) is 4.06. The molecule has 132 valence electrons. The van der Waals surface area contributed by atoms with E-state index in [2.05, 4.69) is 37.8 Å². The molecule has 3 rings (SSSR count). The van der Waals surface area contributed by atoms with Crippen molar-refractivity contribution in [3.05, 3.63) is 72.1 Å². The lowest BCUT2D eigenvalue weighted by molar-refractivity contribution is 0.319. The zero-order valence-corrected chi connectivity index (χ0v) is 15.3. The molecule has 0 heterocycles. The van der Waals surface area contributed by atoms with Crippen LogP contribution in [0.25, 0.3) is 11.1 Å². The molecule has 1 saturated carbocycles. The molecule has 1 aliphatic carbocycles. The van der Waals surface area contributed by atoms with Crippen molar-refractivity contribution in [2.24, 2.45) is 5.92 Å². The van der Waals surface area contributed by atoms with Gasteiger partial charge in [-0.2, -0.15) is 0 Å². The lowest BCUT2D eigenvalue weighted by Gasteiger charge is -2.28. The van der Waals surface area contributed by atoms with E-state index in [1.807, 2.05) is 18.2 Å². The van der Waals surface area contributed by atoms with Crippen LogP contribution in [0.5, 0.6) is 0 Å². The average Bonchev–Trinajstić information content (AvgIpc) is 2.67. The first-order chi connectivity index (χ1) is 12.2. The third-order valence-corrected chi connectivity index (χ3v) is 5.79. The van der Waals surface area contributed by atoms with Crippen LogP contribution in [-0.2, 0) is 6.42 Å². The number of halogens is 1. The molecule has 0 saturated heterocycles. The molecule has 0 nitrogen and oxygen atoms in total. The minimum atomic E-state index is -0.127. The van der Waals surface area contributed by atoms with Gasteiger partial charge < -0.3 is 0 Å². The molecular formula is C24H29F. The van der Waals surface area contributed by atoms with Crippen molar-refractivity contribution < 1.29 is 4.39 Å². The van der Waals surface area contributed by atoms with Crippen molar-refractivity contribution in [1.29, 1.82) is 0 Å². The summed E-state index contributed by atoms with van der Waals surface area (Å²) in [7, 11) is 0. The average molecular weight is 336 g/mol. The van der Waals surface area contributed by atoms with E-state index < -0.39 is 0 Å². The highest BCUT2D eigenvalue weighted by molar-refractivity contribution is 5.65. The Labute approximate surface area is 151 Å². The summed E-state index contributed by atoms with van der Waals surface area (Å²) in [4.78, 5) is 0. The standard InChI is InChI=1S/C24H29F/c1-3-5-6-19-9-16-23(24(25)17-19)22-14-12-21(13-15-22)20-10-7-18(4-2)8-11-20/h3,9,12-18,20H,1,4-8,10-11H2,2H3. The van der Waals surface area contributed by atoms with Crippen LogP contribution in [0, 0.1) is 11.7 Å². The van der Waals surface area contributed by atoms with E-state index in [-0.39, 0.29) is 5.82 Å². The fourth-order valence-electron chi connectivity index (χ4n) is 4.06. The van der Waals surface area contributed by atoms with Crippen LogP contribution in [0.2, 0.25) is 0 Å². The third-order valence-electron chi connectivity index (χ3n) is 5.79. The van der Waals surface area contributed by atoms with Crippen molar-refractivity contribution >= 4 is 0 Å². The van der Waals surface area contributed by atoms with E-state index in [4.69, 9.17) is 0 Å². The molecule has 0 amide bonds. The van der Waals surface area contributed by atoms with Gasteiger partial charge in [0.25, 0.3) is 0 Å². The molecule has 2 aromatic carbocycles. The quantitative estimate of drug-likeness (QED) is 0.486. The van der Waals surface area contributed by atoms with Crippen LogP contribution in [0.15, 0.2) is 55.1 Å². The summed E-state index contributed by atoms with van der Waals surface area (Å²) < 4.78 is 14.5. The number of hydrogen-bond acceptors (Lipinski definition) is 0. The summed E-state index contributed by atoms with van der Waals surface area (Å²) >= 11 is 0. The number of aryl methyl sites for hydroxylation is 1. The van der Waals surface area contributed by atoms with Crippen molar-refractivity contribution in [1.82, 2.24) is 0 Å². The highest BCUT2D eigenvalue weighted by Gasteiger charge is 2.21. The molecule has 0 bridgehead atoms. The number of benzene rings is 2. The van der Waals surface area contributed by atoms with Crippen molar-refractivity contribution in [3.63, 3.8) is 0 Å². The SMILES string of the molecule is C=CCCc1ccc(-c2ccc(C3CCC(CC)CC3)cc2)c(F)c1. The topological polar surface area (TPSA) is 0 Å². The van der Waals surface area contributed by atoms with E-state index in [1.165, 1.54) is 37.7 Å². The summed E-state index contributed by atoms with van der Waals surface area (Å²) in [6.07, 6.45) is 10.2. The molecule has 0 aliphatic heterocycles. The van der Waals surface area contributed by atoms with Gasteiger partial charge in [-0.05, 0) is 73.1 Å². The Hall–Kier alpha value is -1.89. The van der Waals surface area contributed by atoms with Gasteiger partial charge in [0, 0.05) is 5.56 Å². The van der Waals surface area contributed by atoms with Gasteiger partial charge in [-0.3, -0.25) is 0 Å². The number of allylic oxidation sites excluding steroid dienone is 1. The molecular weight excluding hydrogens is 307 g/mol. The minimum Gasteiger partial charge on any atom is -0.206 e. The van der Waals surface area contributed by atoms with Gasteiger partial charge in [0.05, 0.1) is 0 Å². The number of rotatable bonds is 6. The Kier molecular flexibility index (Phi) is 6.07. The van der Waals surface area contributed by atoms with E-state index in [0.29, 0.717) is 11.5 Å². The monoisotopic (exact) mass is 336 g/mol. The van der Waals surface area contributed by atoms with Gasteiger partial charge in [0.2, 0.25) is 0 Å². The molecule has 0 atom stereocenters. The summed E-state index contributed by atoms with van der Waals surface area (Å²) in [6, 6.07) is 14.2. The molecule has 0 unspecified atom stereocenters. The maximum absolute atomic E-state index is 14.5. The van der Waals surface area contributed by atoms with E-state index >= 15 is 0 Å². The Morgan fingerprint density at radius 2 is 1.76 bits per heavy atom. The third kappa shape index (κ3) is 4.39. The normalized spacial score (nSPS) is 20.4. The maximum atomic E-state index is 14.5. The van der Waals surface area contributed by atoms with Gasteiger partial charge in [-0.25, -0.2) is 4.39 Å². The molecule has 1 fully saturated rings. The van der Waals surface area contributed by atoms with Crippen LogP contribution in [0.3, 0.4) is 0 Å². The van der Waals surface area contributed by atoms with Gasteiger partial charge in [-0.1, -0.05) is 55.8 Å². The zero-order valence-electron chi connectivity index (χ0n) is 15.3. The van der Waals surface area contributed by atoms with Crippen molar-refractivity contribution in [2.45, 2.75) is 57.8 Å². The first kappa shape index (κ1) is 17.9. The van der Waals surface area contributed by atoms with Crippen LogP contribution in [0.4, 0.5) is 4.39 Å². The van der Waals surface area contributed by atoms with Gasteiger partial charge in [-0.15, -0.1) is 6.58 Å². The smallest absolute Gasteiger partial charge is 0.131 e. The van der Waals surface area contributed by atoms with Gasteiger partial charge >= 0.3 is 0 Å². The molecule has 25 heavy (non-hydrogen) atoms. The first-order valence-corrected chi connectivity index (χ1v) is 9.71. The first-order valence-electron chi connectivity index (χ1n) is 9.71. The summed E-state index contributed by atoms with van der Waals surface area (Å²) in [5.74, 6) is 1.48. The lowest BCUT2D eigenvalue weighted by Crippen LogP contribution is -2.12. The highest BCUT2D eigenvalue weighted by Crippen LogP contribution is 2.37. The van der Waals surface area contributed by atoms with Crippen molar-refractivity contribution in [2.75, 3.05) is 0 Å². The second-order valence-electron chi connectivity index (χ2n) is 7.39. The molecule has 0 radical (unpaired) electrons. The second-order valence-corrected chi connectivity index (χ2v) is 7.39. The van der Waals surface area contributed by atoms with Crippen molar-refractivity contribution in [3.8, 4) is 11.1 Å². The molecule has 0 aromatic heterocycles. The predicted molar refractivity (Wildman–Crippen MR) is 105 cm³/mol. The van der Waals surface area contributed by atoms with E-state index in [1.54, 1.807) is 6.07 Å². The van der Waals surface area contributed by atoms with Gasteiger partial charge in [0.15, 0.2) is 0 Å². The Balaban J connectivity index is 1.71. The van der Waals surface area contributed by atoms with Crippen LogP contribution in [0.1, 0.15) is 62.5 Å². The summed E-state index contributed by atoms with van der Waals surface area (Å²) in [6.45, 7) is 6.03. The fraction of sp³-hybridized carbons (Fsp3) is 0.417. The van der Waals surface area contributed by atoms with E-state index in [9.17, 15) is 4.39 Å². The van der Waals surface area contributed by atoms with Crippen LogP contribution >= 0.6 is 0 Å². The van der Waals surface area contributed by atoms with Crippen LogP contribution in [-0.4, -0.2) is 0 Å². The molecule has 1 aliphatic rings. The Bertz CT molecular complexity index is 691. The lowest BCUT2D eigenvalue weighted by atomic mass is 9.77. The van der Waals surface area contributed by atoms with Crippen LogP contribution < -0.4 is 0 Å². The molecule has 2 aromatic rings. The summed E-state index contributed by atoms with van der Waals surface area (Å²) in [5, 5.41) is 0. The second kappa shape index (κ2) is 8.47. The maximum Gasteiger partial charge on any atom is 0.131 e. The Morgan fingerprint density at radius 3 is 2.36 bits per heavy atom. The summed E-state index contributed by atoms with van der Waals surface area (Å²) in [5.41, 5.74) is 4.12. The molecule has 0 N–H and O–H groups in total. The molecule has 1 heteroatoms. The predicted octanol–water partition coefficient (Wildman–Crippen LogP) is 7.30. The Morgan fingerprint density at radius 1 is 1.04 bits per heavy atom. The largest absolute Gasteiger partial charge is 0.206 e.